The van der Waals surface area contributed by atoms with Gasteiger partial charge in [0.05, 0.1) is 12.0 Å². The molecule has 1 rings (SSSR count). The Bertz CT molecular complexity index is 460. The van der Waals surface area contributed by atoms with Gasteiger partial charge in [0, 0.05) is 12.1 Å². The third-order valence-electron chi connectivity index (χ3n) is 2.60. The van der Waals surface area contributed by atoms with Crippen molar-refractivity contribution in [1.29, 1.82) is 0 Å². The molecule has 0 aliphatic rings. The minimum absolute atomic E-state index is 0.0493. The maximum Gasteiger partial charge on any atom is 0.314 e. The molecule has 6 nitrogen and oxygen atoms in total. The van der Waals surface area contributed by atoms with E-state index < -0.39 is 16.4 Å². The molecule has 0 aromatic heterocycles. The van der Waals surface area contributed by atoms with Crippen LogP contribution in [-0.2, 0) is 0 Å². The van der Waals surface area contributed by atoms with E-state index in [2.05, 4.69) is 6.58 Å². The minimum atomic E-state index is -0.665. The highest BCUT2D eigenvalue weighted by Gasteiger charge is 2.21. The van der Waals surface area contributed by atoms with Crippen molar-refractivity contribution in [2.45, 2.75) is 18.9 Å². The van der Waals surface area contributed by atoms with E-state index in [4.69, 9.17) is 10.5 Å². The summed E-state index contributed by atoms with van der Waals surface area (Å²) in [6.45, 7) is 3.59. The van der Waals surface area contributed by atoms with Crippen molar-refractivity contribution in [3.63, 3.8) is 0 Å². The minimum Gasteiger partial charge on any atom is -0.500 e. The van der Waals surface area contributed by atoms with Gasteiger partial charge in [-0.15, -0.1) is 6.58 Å². The van der Waals surface area contributed by atoms with Gasteiger partial charge in [0.15, 0.2) is 5.75 Å². The summed E-state index contributed by atoms with van der Waals surface area (Å²) >= 11 is 0. The van der Waals surface area contributed by atoms with Crippen molar-refractivity contribution < 1.29 is 14.8 Å². The lowest BCUT2D eigenvalue weighted by Crippen LogP contribution is -2.10. The zero-order valence-electron chi connectivity index (χ0n) is 10.1. The fourth-order valence-corrected chi connectivity index (χ4v) is 1.59. The van der Waals surface area contributed by atoms with Crippen molar-refractivity contribution in [3.05, 3.63) is 40.5 Å². The SMILES string of the molecule is C=CCC[C@@H](N)c1cc(OC)c(O)c([N+](=O)[O-])c1. The summed E-state index contributed by atoms with van der Waals surface area (Å²) in [5.41, 5.74) is 6.07. The Morgan fingerprint density at radius 1 is 1.67 bits per heavy atom. The first kappa shape index (κ1) is 14.0. The van der Waals surface area contributed by atoms with E-state index in [0.717, 1.165) is 0 Å². The molecule has 0 bridgehead atoms. The number of allylic oxidation sites excluding steroid dienone is 1. The fourth-order valence-electron chi connectivity index (χ4n) is 1.59. The summed E-state index contributed by atoms with van der Waals surface area (Å²) < 4.78 is 4.90. The highest BCUT2D eigenvalue weighted by Crippen LogP contribution is 2.38. The van der Waals surface area contributed by atoms with Crippen molar-refractivity contribution >= 4 is 5.69 Å². The third-order valence-corrected chi connectivity index (χ3v) is 2.60. The molecule has 0 saturated carbocycles. The van der Waals surface area contributed by atoms with Gasteiger partial charge in [0.25, 0.3) is 0 Å². The number of aromatic hydroxyl groups is 1. The number of nitrogens with zero attached hydrogens (tertiary/aromatic N) is 1. The first-order chi connectivity index (χ1) is 8.51. The Labute approximate surface area is 105 Å². The van der Waals surface area contributed by atoms with E-state index in [1.165, 1.54) is 19.2 Å². The van der Waals surface area contributed by atoms with Crippen LogP contribution in [-0.4, -0.2) is 17.1 Å². The number of hydrogen-bond acceptors (Lipinski definition) is 5. The second-order valence-electron chi connectivity index (χ2n) is 3.82. The number of benzene rings is 1. The van der Waals surface area contributed by atoms with Gasteiger partial charge < -0.3 is 15.6 Å². The average molecular weight is 252 g/mol. The highest BCUT2D eigenvalue weighted by molar-refractivity contribution is 5.57. The van der Waals surface area contributed by atoms with E-state index >= 15 is 0 Å². The second kappa shape index (κ2) is 6.02. The molecule has 1 aromatic carbocycles. The van der Waals surface area contributed by atoms with Gasteiger partial charge in [-0.05, 0) is 24.5 Å². The van der Waals surface area contributed by atoms with Crippen LogP contribution in [0.3, 0.4) is 0 Å². The number of nitro benzene ring substituents is 1. The molecule has 0 heterocycles. The van der Waals surface area contributed by atoms with E-state index in [-0.39, 0.29) is 11.8 Å². The number of phenols is 1. The Balaban J connectivity index is 3.16. The Morgan fingerprint density at radius 2 is 2.33 bits per heavy atom. The summed E-state index contributed by atoms with van der Waals surface area (Å²) in [5, 5.41) is 20.4. The smallest absolute Gasteiger partial charge is 0.314 e. The van der Waals surface area contributed by atoms with Crippen LogP contribution < -0.4 is 10.5 Å². The maximum atomic E-state index is 10.8. The molecule has 18 heavy (non-hydrogen) atoms. The van der Waals surface area contributed by atoms with Crippen molar-refractivity contribution in [2.24, 2.45) is 5.73 Å². The highest BCUT2D eigenvalue weighted by atomic mass is 16.6. The summed E-state index contributed by atoms with van der Waals surface area (Å²) in [6, 6.07) is 2.41. The molecular formula is C12H16N2O4. The second-order valence-corrected chi connectivity index (χ2v) is 3.82. The molecular weight excluding hydrogens is 236 g/mol. The number of rotatable bonds is 6. The van der Waals surface area contributed by atoms with Gasteiger partial charge in [0.2, 0.25) is 5.75 Å². The van der Waals surface area contributed by atoms with Crippen LogP contribution in [0.2, 0.25) is 0 Å². The zero-order valence-corrected chi connectivity index (χ0v) is 10.1. The number of ether oxygens (including phenoxy) is 1. The van der Waals surface area contributed by atoms with Gasteiger partial charge in [-0.1, -0.05) is 6.08 Å². The van der Waals surface area contributed by atoms with Crippen LogP contribution >= 0.6 is 0 Å². The van der Waals surface area contributed by atoms with Crippen LogP contribution in [0.4, 0.5) is 5.69 Å². The van der Waals surface area contributed by atoms with Crippen LogP contribution in [0, 0.1) is 10.1 Å². The third kappa shape index (κ3) is 2.98. The number of nitro groups is 1. The quantitative estimate of drug-likeness (QED) is 0.459. The average Bonchev–Trinajstić information content (AvgIpc) is 2.35. The van der Waals surface area contributed by atoms with Crippen molar-refractivity contribution in [2.75, 3.05) is 7.11 Å². The summed E-state index contributed by atoms with van der Waals surface area (Å²) in [7, 11) is 1.33. The molecule has 98 valence electrons. The zero-order chi connectivity index (χ0) is 13.7. The predicted molar refractivity (Wildman–Crippen MR) is 67.7 cm³/mol. The van der Waals surface area contributed by atoms with E-state index in [1.807, 2.05) is 0 Å². The van der Waals surface area contributed by atoms with Gasteiger partial charge in [-0.3, -0.25) is 10.1 Å². The van der Waals surface area contributed by atoms with E-state index in [0.29, 0.717) is 18.4 Å². The van der Waals surface area contributed by atoms with Gasteiger partial charge in [-0.2, -0.15) is 0 Å². The van der Waals surface area contributed by atoms with Gasteiger partial charge in [0.1, 0.15) is 0 Å². The molecule has 0 saturated heterocycles. The molecule has 3 N–H and O–H groups in total. The molecule has 0 radical (unpaired) electrons. The van der Waals surface area contributed by atoms with Crippen molar-refractivity contribution in [3.8, 4) is 11.5 Å². The van der Waals surface area contributed by atoms with E-state index in [1.54, 1.807) is 6.08 Å². The Morgan fingerprint density at radius 3 is 2.83 bits per heavy atom. The van der Waals surface area contributed by atoms with Crippen LogP contribution in [0.1, 0.15) is 24.4 Å². The molecule has 0 spiro atoms. The molecule has 1 atom stereocenters. The Kier molecular flexibility index (Phi) is 4.67. The number of hydrogen-bond donors (Lipinski definition) is 2. The summed E-state index contributed by atoms with van der Waals surface area (Å²) in [4.78, 5) is 10.1. The number of phenolic OH excluding ortho intramolecular Hbond substituents is 1. The molecule has 0 unspecified atom stereocenters. The lowest BCUT2D eigenvalue weighted by molar-refractivity contribution is -0.386. The summed E-state index contributed by atoms with van der Waals surface area (Å²) in [5.74, 6) is -0.435. The number of nitrogens with two attached hydrogens (primary N) is 1. The lowest BCUT2D eigenvalue weighted by atomic mass is 10.0. The molecule has 0 aliphatic heterocycles. The van der Waals surface area contributed by atoms with Gasteiger partial charge in [-0.25, -0.2) is 0 Å². The maximum absolute atomic E-state index is 10.8. The van der Waals surface area contributed by atoms with Crippen LogP contribution in [0.25, 0.3) is 0 Å². The van der Waals surface area contributed by atoms with Crippen LogP contribution in [0.5, 0.6) is 11.5 Å². The molecule has 0 fully saturated rings. The molecule has 0 aliphatic carbocycles. The monoisotopic (exact) mass is 252 g/mol. The summed E-state index contributed by atoms with van der Waals surface area (Å²) in [6.07, 6.45) is 3.05. The lowest BCUT2D eigenvalue weighted by Gasteiger charge is -2.13. The molecule has 6 heteroatoms. The molecule has 1 aromatic rings. The first-order valence-electron chi connectivity index (χ1n) is 5.43. The molecule has 0 amide bonds. The predicted octanol–water partition coefficient (Wildman–Crippen LogP) is 2.28. The standard InChI is InChI=1S/C12H16N2O4/c1-3-4-5-9(13)8-6-10(14(16)17)12(15)11(7-8)18-2/h3,6-7,9,15H,1,4-5,13H2,2H3/t9-/m1/s1. The first-order valence-corrected chi connectivity index (χ1v) is 5.43. The topological polar surface area (TPSA) is 98.6 Å². The van der Waals surface area contributed by atoms with E-state index in [9.17, 15) is 15.2 Å². The number of methoxy groups -OCH3 is 1. The Hall–Kier alpha value is -2.08. The van der Waals surface area contributed by atoms with Crippen LogP contribution in [0.15, 0.2) is 24.8 Å². The van der Waals surface area contributed by atoms with Crippen molar-refractivity contribution in [1.82, 2.24) is 0 Å². The normalized spacial score (nSPS) is 11.9. The van der Waals surface area contributed by atoms with Gasteiger partial charge >= 0.3 is 5.69 Å². The largest absolute Gasteiger partial charge is 0.500 e. The fraction of sp³-hybridized carbons (Fsp3) is 0.333.